The van der Waals surface area contributed by atoms with Gasteiger partial charge >= 0.3 is 0 Å². The van der Waals surface area contributed by atoms with E-state index < -0.39 is 16.6 Å². The van der Waals surface area contributed by atoms with Gasteiger partial charge in [-0.1, -0.05) is 12.1 Å². The third kappa shape index (κ3) is 2.18. The van der Waals surface area contributed by atoms with E-state index in [1.54, 1.807) is 25.1 Å². The first-order valence-corrected chi connectivity index (χ1v) is 8.23. The molecular formula is C18H17FO2S. The molecule has 22 heavy (non-hydrogen) atoms. The summed E-state index contributed by atoms with van der Waals surface area (Å²) in [6, 6.07) is 8.12. The quantitative estimate of drug-likeness (QED) is 0.668. The molecule has 0 aliphatic carbocycles. The molecule has 0 unspecified atom stereocenters. The smallest absolute Gasteiger partial charge is 0.139 e. The van der Waals surface area contributed by atoms with Crippen molar-refractivity contribution in [3.8, 4) is 0 Å². The van der Waals surface area contributed by atoms with Crippen LogP contribution >= 0.6 is 0 Å². The van der Waals surface area contributed by atoms with Gasteiger partial charge in [-0.05, 0) is 62.6 Å². The molecule has 0 saturated heterocycles. The Morgan fingerprint density at radius 3 is 2.41 bits per heavy atom. The lowest BCUT2D eigenvalue weighted by molar-refractivity contribution is 0.565. The predicted molar refractivity (Wildman–Crippen MR) is 86.2 cm³/mol. The van der Waals surface area contributed by atoms with E-state index in [0.717, 1.165) is 22.1 Å². The molecule has 0 aliphatic rings. The van der Waals surface area contributed by atoms with Crippen molar-refractivity contribution >= 4 is 21.8 Å². The zero-order valence-electron chi connectivity index (χ0n) is 13.0. The summed E-state index contributed by atoms with van der Waals surface area (Å²) in [6.07, 6.45) is 0. The van der Waals surface area contributed by atoms with Gasteiger partial charge in [-0.15, -0.1) is 0 Å². The molecule has 0 bridgehead atoms. The Balaban J connectivity index is 2.32. The Morgan fingerprint density at radius 2 is 1.73 bits per heavy atom. The highest BCUT2D eigenvalue weighted by Crippen LogP contribution is 2.36. The van der Waals surface area contributed by atoms with Crippen molar-refractivity contribution in [2.75, 3.05) is 0 Å². The average molecular weight is 316 g/mol. The Kier molecular flexibility index (Phi) is 3.65. The molecule has 0 radical (unpaired) electrons. The lowest BCUT2D eigenvalue weighted by atomic mass is 10.0. The third-order valence-corrected chi connectivity index (χ3v) is 5.75. The number of furan rings is 1. The van der Waals surface area contributed by atoms with Crippen LogP contribution in [0.4, 0.5) is 4.39 Å². The summed E-state index contributed by atoms with van der Waals surface area (Å²) >= 11 is 0. The van der Waals surface area contributed by atoms with E-state index >= 15 is 0 Å². The van der Waals surface area contributed by atoms with Crippen LogP contribution in [-0.2, 0) is 10.8 Å². The van der Waals surface area contributed by atoms with E-state index in [9.17, 15) is 8.60 Å². The van der Waals surface area contributed by atoms with Gasteiger partial charge in [0.15, 0.2) is 0 Å². The maximum absolute atomic E-state index is 14.0. The predicted octanol–water partition coefficient (Wildman–Crippen LogP) is 4.97. The minimum Gasteiger partial charge on any atom is -0.460 e. The summed E-state index contributed by atoms with van der Waals surface area (Å²) in [7, 11) is -1.61. The van der Waals surface area contributed by atoms with Gasteiger partial charge in [-0.2, -0.15) is 0 Å². The van der Waals surface area contributed by atoms with Crippen LogP contribution in [0.3, 0.4) is 0 Å². The number of halogens is 1. The number of rotatable bonds is 2. The highest BCUT2D eigenvalue weighted by molar-refractivity contribution is 7.85. The van der Waals surface area contributed by atoms with Crippen LogP contribution in [-0.4, -0.2) is 4.21 Å². The molecule has 2 nitrogen and oxygen atoms in total. The molecule has 0 fully saturated rings. The fraction of sp³-hybridized carbons (Fsp3) is 0.222. The SMILES string of the molecule is Cc1cc2oc(C)c([S@](=O)c3ccccc3F)c2c(C)c1C. The fourth-order valence-electron chi connectivity index (χ4n) is 2.72. The molecule has 0 N–H and O–H groups in total. The van der Waals surface area contributed by atoms with Crippen LogP contribution < -0.4 is 0 Å². The van der Waals surface area contributed by atoms with Crippen LogP contribution in [0.1, 0.15) is 22.5 Å². The Morgan fingerprint density at radius 1 is 1.05 bits per heavy atom. The lowest BCUT2D eigenvalue weighted by Crippen LogP contribution is -1.98. The number of hydrogen-bond acceptors (Lipinski definition) is 2. The third-order valence-electron chi connectivity index (χ3n) is 4.15. The van der Waals surface area contributed by atoms with E-state index in [1.165, 1.54) is 6.07 Å². The van der Waals surface area contributed by atoms with E-state index in [4.69, 9.17) is 4.42 Å². The van der Waals surface area contributed by atoms with E-state index in [2.05, 4.69) is 0 Å². The van der Waals surface area contributed by atoms with Crippen molar-refractivity contribution < 1.29 is 13.0 Å². The minimum atomic E-state index is -1.61. The van der Waals surface area contributed by atoms with Gasteiger partial charge in [0.2, 0.25) is 0 Å². The molecule has 0 amide bonds. The topological polar surface area (TPSA) is 30.2 Å². The number of hydrogen-bond donors (Lipinski definition) is 0. The van der Waals surface area contributed by atoms with Crippen molar-refractivity contribution in [2.24, 2.45) is 0 Å². The first kappa shape index (κ1) is 15.0. The van der Waals surface area contributed by atoms with Gasteiger partial charge in [0, 0.05) is 5.39 Å². The first-order chi connectivity index (χ1) is 10.4. The Bertz CT molecular complexity index is 909. The van der Waals surface area contributed by atoms with Gasteiger partial charge in [0.05, 0.1) is 20.6 Å². The molecule has 114 valence electrons. The van der Waals surface area contributed by atoms with Crippen molar-refractivity contribution in [3.05, 3.63) is 58.6 Å². The van der Waals surface area contributed by atoms with Crippen LogP contribution in [0, 0.1) is 33.5 Å². The van der Waals surface area contributed by atoms with E-state index in [1.807, 2.05) is 26.8 Å². The van der Waals surface area contributed by atoms with Crippen LogP contribution in [0.2, 0.25) is 0 Å². The normalized spacial score (nSPS) is 12.8. The molecule has 0 aliphatic heterocycles. The highest BCUT2D eigenvalue weighted by atomic mass is 32.2. The first-order valence-electron chi connectivity index (χ1n) is 7.08. The zero-order valence-corrected chi connectivity index (χ0v) is 13.8. The fourth-order valence-corrected chi connectivity index (χ4v) is 4.13. The summed E-state index contributed by atoms with van der Waals surface area (Å²) in [5, 5.41) is 0.835. The van der Waals surface area contributed by atoms with E-state index in [-0.39, 0.29) is 4.90 Å². The Labute approximate surface area is 131 Å². The highest BCUT2D eigenvalue weighted by Gasteiger charge is 2.23. The minimum absolute atomic E-state index is 0.186. The molecular weight excluding hydrogens is 299 g/mol. The molecule has 3 aromatic rings. The second kappa shape index (κ2) is 5.36. The number of aryl methyl sites for hydroxylation is 3. The monoisotopic (exact) mass is 316 g/mol. The summed E-state index contributed by atoms with van der Waals surface area (Å²) in [5.41, 5.74) is 4.01. The second-order valence-corrected chi connectivity index (χ2v) is 6.89. The second-order valence-electron chi connectivity index (χ2n) is 5.50. The molecule has 0 spiro atoms. The maximum atomic E-state index is 14.0. The van der Waals surface area contributed by atoms with Gasteiger partial charge in [-0.25, -0.2) is 8.60 Å². The molecule has 1 heterocycles. The molecule has 4 heteroatoms. The van der Waals surface area contributed by atoms with Crippen molar-refractivity contribution in [1.29, 1.82) is 0 Å². The van der Waals surface area contributed by atoms with Crippen LogP contribution in [0.5, 0.6) is 0 Å². The lowest BCUT2D eigenvalue weighted by Gasteiger charge is -2.08. The van der Waals surface area contributed by atoms with Crippen LogP contribution in [0.25, 0.3) is 11.0 Å². The molecule has 3 rings (SSSR count). The molecule has 0 saturated carbocycles. The Hall–Kier alpha value is -1.94. The summed E-state index contributed by atoms with van der Waals surface area (Å²) in [5.74, 6) is 0.112. The summed E-state index contributed by atoms with van der Waals surface area (Å²) in [6.45, 7) is 7.81. The van der Waals surface area contributed by atoms with Gasteiger partial charge in [0.1, 0.15) is 17.2 Å². The van der Waals surface area contributed by atoms with Gasteiger partial charge in [-0.3, -0.25) is 0 Å². The molecule has 2 aromatic carbocycles. The number of fused-ring (bicyclic) bond motifs is 1. The standard InChI is InChI=1S/C18H17FO2S/c1-10-9-15-17(12(3)11(10)2)18(13(4)21-15)22(20)16-8-6-5-7-14(16)19/h5-9H,1-4H3/t22-/m1/s1. The van der Waals surface area contributed by atoms with Crippen molar-refractivity contribution in [1.82, 2.24) is 0 Å². The largest absolute Gasteiger partial charge is 0.460 e. The van der Waals surface area contributed by atoms with Crippen molar-refractivity contribution in [2.45, 2.75) is 37.5 Å². The van der Waals surface area contributed by atoms with Crippen molar-refractivity contribution in [3.63, 3.8) is 0 Å². The molecule has 1 atom stereocenters. The average Bonchev–Trinajstić information content (AvgIpc) is 2.81. The molecule has 1 aromatic heterocycles. The van der Waals surface area contributed by atoms with E-state index in [0.29, 0.717) is 16.2 Å². The van der Waals surface area contributed by atoms with Gasteiger partial charge < -0.3 is 4.42 Å². The van der Waals surface area contributed by atoms with Gasteiger partial charge in [0.25, 0.3) is 0 Å². The number of benzene rings is 2. The van der Waals surface area contributed by atoms with Crippen LogP contribution in [0.15, 0.2) is 44.5 Å². The summed E-state index contributed by atoms with van der Waals surface area (Å²) in [4.78, 5) is 0.756. The zero-order chi connectivity index (χ0) is 16.0. The summed E-state index contributed by atoms with van der Waals surface area (Å²) < 4.78 is 32.7. The maximum Gasteiger partial charge on any atom is 0.139 e.